The molecule has 2 nitrogen and oxygen atoms in total. The minimum atomic E-state index is 0.445. The van der Waals surface area contributed by atoms with Crippen LogP contribution in [0.4, 0.5) is 5.69 Å². The van der Waals surface area contributed by atoms with E-state index in [0.717, 1.165) is 5.69 Å². The molecule has 0 radical (unpaired) electrons. The van der Waals surface area contributed by atoms with Crippen LogP contribution in [0.25, 0.3) is 0 Å². The zero-order valence-corrected chi connectivity index (χ0v) is 5.60. The van der Waals surface area contributed by atoms with E-state index in [1.54, 1.807) is 12.3 Å². The molecule has 0 amide bonds. The molecule has 1 aromatic rings. The molecule has 48 valence electrons. The van der Waals surface area contributed by atoms with E-state index in [1.165, 1.54) is 0 Å². The van der Waals surface area contributed by atoms with E-state index in [0.29, 0.717) is 11.6 Å². The highest BCUT2D eigenvalue weighted by atomic mass is 35.5. The van der Waals surface area contributed by atoms with Gasteiger partial charge in [0, 0.05) is 0 Å². The molecule has 0 fully saturated rings. The van der Waals surface area contributed by atoms with Gasteiger partial charge in [0.2, 0.25) is 0 Å². The number of hydrogen-bond donors (Lipinski definition) is 1. The maximum atomic E-state index is 5.48. The molecule has 1 heterocycles. The first-order valence-corrected chi connectivity index (χ1v) is 3.13. The van der Waals surface area contributed by atoms with Crippen LogP contribution >= 0.6 is 11.6 Å². The maximum Gasteiger partial charge on any atom is 0.0647 e. The van der Waals surface area contributed by atoms with Gasteiger partial charge in [0.05, 0.1) is 23.5 Å². The van der Waals surface area contributed by atoms with Crippen LogP contribution in [0, 0.1) is 0 Å². The predicted octanol–water partition coefficient (Wildman–Crippen LogP) is 1.40. The van der Waals surface area contributed by atoms with E-state index in [2.05, 4.69) is 4.98 Å². The second kappa shape index (κ2) is 2.69. The van der Waals surface area contributed by atoms with Crippen molar-refractivity contribution in [1.29, 1.82) is 0 Å². The second-order valence-electron chi connectivity index (χ2n) is 1.72. The Morgan fingerprint density at radius 2 is 2.33 bits per heavy atom. The fraction of sp³-hybridized carbons (Fsp3) is 0.167. The number of pyridine rings is 1. The van der Waals surface area contributed by atoms with Gasteiger partial charge in [-0.3, -0.25) is 4.98 Å². The SMILES string of the molecule is Nc1ccc(CCl)nc1. The van der Waals surface area contributed by atoms with Gasteiger partial charge in [-0.2, -0.15) is 0 Å². The predicted molar refractivity (Wildman–Crippen MR) is 38.2 cm³/mol. The zero-order valence-electron chi connectivity index (χ0n) is 4.84. The molecule has 0 bridgehead atoms. The largest absolute Gasteiger partial charge is 0.397 e. The minimum absolute atomic E-state index is 0.445. The summed E-state index contributed by atoms with van der Waals surface area (Å²) in [6.07, 6.45) is 1.59. The highest BCUT2D eigenvalue weighted by Gasteiger charge is 1.88. The molecule has 0 aliphatic rings. The molecule has 0 unspecified atom stereocenters. The van der Waals surface area contributed by atoms with Gasteiger partial charge in [-0.25, -0.2) is 0 Å². The van der Waals surface area contributed by atoms with Crippen LogP contribution in [-0.4, -0.2) is 4.98 Å². The zero-order chi connectivity index (χ0) is 6.69. The lowest BCUT2D eigenvalue weighted by Crippen LogP contribution is -1.88. The van der Waals surface area contributed by atoms with Crippen LogP contribution in [0.2, 0.25) is 0 Å². The molecule has 9 heavy (non-hydrogen) atoms. The first-order chi connectivity index (χ1) is 4.33. The van der Waals surface area contributed by atoms with Crippen molar-refractivity contribution in [2.24, 2.45) is 0 Å². The van der Waals surface area contributed by atoms with Crippen molar-refractivity contribution in [3.63, 3.8) is 0 Å². The molecule has 2 N–H and O–H groups in total. The number of alkyl halides is 1. The van der Waals surface area contributed by atoms with Crippen molar-refractivity contribution < 1.29 is 0 Å². The summed E-state index contributed by atoms with van der Waals surface area (Å²) >= 11 is 5.48. The Kier molecular flexibility index (Phi) is 1.90. The number of nitrogens with two attached hydrogens (primary N) is 1. The molecule has 0 aliphatic carbocycles. The third-order valence-corrected chi connectivity index (χ3v) is 1.26. The Balaban J connectivity index is 2.88. The monoisotopic (exact) mass is 142 g/mol. The van der Waals surface area contributed by atoms with E-state index in [4.69, 9.17) is 17.3 Å². The third kappa shape index (κ3) is 1.57. The molecule has 1 aromatic heterocycles. The Labute approximate surface area is 58.7 Å². The first kappa shape index (κ1) is 6.36. The van der Waals surface area contributed by atoms with E-state index in [-0.39, 0.29) is 0 Å². The standard InChI is InChI=1S/C6H7ClN2/c7-3-6-2-1-5(8)4-9-6/h1-2,4H,3,8H2. The molecular formula is C6H7ClN2. The Morgan fingerprint density at radius 3 is 2.78 bits per heavy atom. The van der Waals surface area contributed by atoms with E-state index < -0.39 is 0 Å². The Hall–Kier alpha value is -0.760. The lowest BCUT2D eigenvalue weighted by molar-refractivity contribution is 1.17. The summed E-state index contributed by atoms with van der Waals surface area (Å²) in [5.41, 5.74) is 6.90. The Bertz CT molecular complexity index is 183. The highest BCUT2D eigenvalue weighted by molar-refractivity contribution is 6.16. The molecule has 0 saturated carbocycles. The molecule has 0 saturated heterocycles. The number of hydrogen-bond acceptors (Lipinski definition) is 2. The van der Waals surface area contributed by atoms with Crippen LogP contribution in [0.3, 0.4) is 0 Å². The van der Waals surface area contributed by atoms with Crippen molar-refractivity contribution in [2.45, 2.75) is 5.88 Å². The summed E-state index contributed by atoms with van der Waals surface area (Å²) in [7, 11) is 0. The van der Waals surface area contributed by atoms with Crippen molar-refractivity contribution in [3.05, 3.63) is 24.0 Å². The molecule has 0 spiro atoms. The van der Waals surface area contributed by atoms with Gasteiger partial charge in [-0.05, 0) is 12.1 Å². The Morgan fingerprint density at radius 1 is 1.56 bits per heavy atom. The molecule has 0 atom stereocenters. The van der Waals surface area contributed by atoms with Gasteiger partial charge in [0.25, 0.3) is 0 Å². The fourth-order valence-corrected chi connectivity index (χ4v) is 0.673. The average Bonchev–Trinajstić information content (AvgIpc) is 1.90. The lowest BCUT2D eigenvalue weighted by atomic mass is 10.3. The molecule has 1 rings (SSSR count). The van der Waals surface area contributed by atoms with Crippen LogP contribution in [0.1, 0.15) is 5.69 Å². The molecule has 0 aliphatic heterocycles. The smallest absolute Gasteiger partial charge is 0.0647 e. The second-order valence-corrected chi connectivity index (χ2v) is 1.98. The van der Waals surface area contributed by atoms with Crippen molar-refractivity contribution in [2.75, 3.05) is 5.73 Å². The highest BCUT2D eigenvalue weighted by Crippen LogP contribution is 2.02. The normalized spacial score (nSPS) is 9.44. The number of nitrogens with zero attached hydrogens (tertiary/aromatic N) is 1. The van der Waals surface area contributed by atoms with Gasteiger partial charge >= 0.3 is 0 Å². The molecule has 0 aromatic carbocycles. The number of anilines is 1. The number of halogens is 1. The van der Waals surface area contributed by atoms with Crippen LogP contribution in [0.5, 0.6) is 0 Å². The third-order valence-electron chi connectivity index (χ3n) is 0.985. The van der Waals surface area contributed by atoms with Gasteiger partial charge in [-0.1, -0.05) is 0 Å². The summed E-state index contributed by atoms with van der Waals surface area (Å²) in [5, 5.41) is 0. The number of nitrogen functional groups attached to an aromatic ring is 1. The van der Waals surface area contributed by atoms with E-state index >= 15 is 0 Å². The van der Waals surface area contributed by atoms with Crippen molar-refractivity contribution in [3.8, 4) is 0 Å². The molecule has 3 heteroatoms. The quantitative estimate of drug-likeness (QED) is 0.602. The fourth-order valence-electron chi connectivity index (χ4n) is 0.515. The van der Waals surface area contributed by atoms with Gasteiger partial charge in [0.1, 0.15) is 0 Å². The summed E-state index contributed by atoms with van der Waals surface area (Å²) in [5.74, 6) is 0.445. The molecular weight excluding hydrogens is 136 g/mol. The van der Waals surface area contributed by atoms with Gasteiger partial charge in [-0.15, -0.1) is 11.6 Å². The summed E-state index contributed by atoms with van der Waals surface area (Å²) < 4.78 is 0. The summed E-state index contributed by atoms with van der Waals surface area (Å²) in [6.45, 7) is 0. The number of rotatable bonds is 1. The van der Waals surface area contributed by atoms with Gasteiger partial charge < -0.3 is 5.73 Å². The summed E-state index contributed by atoms with van der Waals surface area (Å²) in [4.78, 5) is 3.94. The van der Waals surface area contributed by atoms with Crippen molar-refractivity contribution >= 4 is 17.3 Å². The maximum absolute atomic E-state index is 5.48. The van der Waals surface area contributed by atoms with Crippen molar-refractivity contribution in [1.82, 2.24) is 4.98 Å². The van der Waals surface area contributed by atoms with Crippen LogP contribution < -0.4 is 5.73 Å². The van der Waals surface area contributed by atoms with Crippen LogP contribution in [0.15, 0.2) is 18.3 Å². The first-order valence-electron chi connectivity index (χ1n) is 2.59. The summed E-state index contributed by atoms with van der Waals surface area (Å²) in [6, 6.07) is 3.59. The lowest BCUT2D eigenvalue weighted by Gasteiger charge is -1.92. The van der Waals surface area contributed by atoms with E-state index in [9.17, 15) is 0 Å². The van der Waals surface area contributed by atoms with Crippen LogP contribution in [-0.2, 0) is 5.88 Å². The number of aromatic nitrogens is 1. The average molecular weight is 143 g/mol. The minimum Gasteiger partial charge on any atom is -0.397 e. The topological polar surface area (TPSA) is 38.9 Å². The van der Waals surface area contributed by atoms with E-state index in [1.807, 2.05) is 6.07 Å². The van der Waals surface area contributed by atoms with Gasteiger partial charge in [0.15, 0.2) is 0 Å².